The van der Waals surface area contributed by atoms with Gasteiger partial charge in [-0.2, -0.15) is 0 Å². The number of rotatable bonds is 3. The zero-order valence-electron chi connectivity index (χ0n) is 10.8. The van der Waals surface area contributed by atoms with E-state index in [1.54, 1.807) is 7.11 Å². The molecule has 1 aliphatic carbocycles. The SMILES string of the molecule is COc1cccc(C2(O)CCCC[C@H]2CN)c1.Cl. The molecule has 0 radical (unpaired) electrons. The maximum atomic E-state index is 10.9. The molecule has 102 valence electrons. The lowest BCUT2D eigenvalue weighted by Crippen LogP contribution is -2.41. The second kappa shape index (κ2) is 6.41. The molecule has 2 atom stereocenters. The summed E-state index contributed by atoms with van der Waals surface area (Å²) in [5, 5.41) is 10.9. The standard InChI is InChI=1S/C14H21NO2.ClH/c1-17-13-7-4-6-11(9-13)14(16)8-3-2-5-12(14)10-15;/h4,6-7,9,12,16H,2-3,5,8,10,15H2,1H3;1H/t12-,14?;/m0./s1. The third kappa shape index (κ3) is 2.79. The van der Waals surface area contributed by atoms with Crippen LogP contribution in [0.25, 0.3) is 0 Å². The van der Waals surface area contributed by atoms with Gasteiger partial charge in [0.05, 0.1) is 12.7 Å². The molecule has 0 bridgehead atoms. The van der Waals surface area contributed by atoms with Crippen LogP contribution in [0.15, 0.2) is 24.3 Å². The van der Waals surface area contributed by atoms with Crippen molar-refractivity contribution in [3.8, 4) is 5.75 Å². The molecule has 0 aliphatic heterocycles. The average Bonchev–Trinajstić information content (AvgIpc) is 2.39. The van der Waals surface area contributed by atoms with Gasteiger partial charge in [-0.1, -0.05) is 25.0 Å². The molecule has 0 amide bonds. The molecule has 1 aliphatic rings. The number of halogens is 1. The average molecular weight is 272 g/mol. The van der Waals surface area contributed by atoms with Crippen molar-refractivity contribution < 1.29 is 9.84 Å². The van der Waals surface area contributed by atoms with Crippen LogP contribution in [0.4, 0.5) is 0 Å². The zero-order chi connectivity index (χ0) is 12.3. The Kier molecular flexibility index (Phi) is 5.45. The number of ether oxygens (including phenoxy) is 1. The van der Waals surface area contributed by atoms with Gasteiger partial charge in [-0.05, 0) is 37.1 Å². The summed E-state index contributed by atoms with van der Waals surface area (Å²) in [5.74, 6) is 0.945. The quantitative estimate of drug-likeness (QED) is 0.888. The highest BCUT2D eigenvalue weighted by atomic mass is 35.5. The summed E-state index contributed by atoms with van der Waals surface area (Å²) in [6.07, 6.45) is 4.02. The van der Waals surface area contributed by atoms with Gasteiger partial charge in [0, 0.05) is 5.92 Å². The van der Waals surface area contributed by atoms with Crippen molar-refractivity contribution in [3.05, 3.63) is 29.8 Å². The molecule has 0 saturated heterocycles. The van der Waals surface area contributed by atoms with E-state index < -0.39 is 5.60 Å². The van der Waals surface area contributed by atoms with Gasteiger partial charge in [0.25, 0.3) is 0 Å². The third-order valence-corrected chi connectivity index (χ3v) is 3.89. The lowest BCUT2D eigenvalue weighted by Gasteiger charge is -2.40. The van der Waals surface area contributed by atoms with Crippen molar-refractivity contribution in [1.29, 1.82) is 0 Å². The molecule has 0 heterocycles. The molecule has 0 spiro atoms. The van der Waals surface area contributed by atoms with Crippen molar-refractivity contribution in [2.75, 3.05) is 13.7 Å². The van der Waals surface area contributed by atoms with E-state index in [1.807, 2.05) is 24.3 Å². The van der Waals surface area contributed by atoms with Crippen molar-refractivity contribution in [3.63, 3.8) is 0 Å². The number of methoxy groups -OCH3 is 1. The van der Waals surface area contributed by atoms with Gasteiger partial charge in [0.15, 0.2) is 0 Å². The molecule has 1 fully saturated rings. The highest BCUT2D eigenvalue weighted by Crippen LogP contribution is 2.41. The fraction of sp³-hybridized carbons (Fsp3) is 0.571. The number of benzene rings is 1. The van der Waals surface area contributed by atoms with Crippen LogP contribution in [-0.4, -0.2) is 18.8 Å². The second-order valence-electron chi connectivity index (χ2n) is 4.83. The summed E-state index contributed by atoms with van der Waals surface area (Å²) in [6, 6.07) is 7.71. The van der Waals surface area contributed by atoms with Gasteiger partial charge in [0.1, 0.15) is 5.75 Å². The fourth-order valence-corrected chi connectivity index (χ4v) is 2.81. The van der Waals surface area contributed by atoms with Gasteiger partial charge in [-0.25, -0.2) is 0 Å². The van der Waals surface area contributed by atoms with Crippen LogP contribution in [-0.2, 0) is 5.60 Å². The highest BCUT2D eigenvalue weighted by Gasteiger charge is 2.39. The predicted molar refractivity (Wildman–Crippen MR) is 75.2 cm³/mol. The van der Waals surface area contributed by atoms with Crippen LogP contribution in [0.5, 0.6) is 5.75 Å². The number of hydrogen-bond acceptors (Lipinski definition) is 3. The van der Waals surface area contributed by atoms with Crippen molar-refractivity contribution in [1.82, 2.24) is 0 Å². The summed E-state index contributed by atoms with van der Waals surface area (Å²) >= 11 is 0. The van der Waals surface area contributed by atoms with Gasteiger partial charge in [0.2, 0.25) is 0 Å². The predicted octanol–water partition coefficient (Wildman–Crippen LogP) is 2.45. The smallest absolute Gasteiger partial charge is 0.119 e. The molecular weight excluding hydrogens is 250 g/mol. The molecule has 0 aromatic heterocycles. The van der Waals surface area contributed by atoms with Crippen LogP contribution in [0.1, 0.15) is 31.2 Å². The number of aliphatic hydroxyl groups is 1. The minimum Gasteiger partial charge on any atom is -0.497 e. The molecule has 1 unspecified atom stereocenters. The first kappa shape index (κ1) is 15.3. The van der Waals surface area contributed by atoms with Crippen LogP contribution >= 0.6 is 12.4 Å². The fourth-order valence-electron chi connectivity index (χ4n) is 2.81. The van der Waals surface area contributed by atoms with Crippen LogP contribution < -0.4 is 10.5 Å². The molecule has 18 heavy (non-hydrogen) atoms. The van der Waals surface area contributed by atoms with E-state index >= 15 is 0 Å². The van der Waals surface area contributed by atoms with E-state index in [0.29, 0.717) is 6.54 Å². The summed E-state index contributed by atoms with van der Waals surface area (Å²) in [6.45, 7) is 0.535. The van der Waals surface area contributed by atoms with Crippen molar-refractivity contribution in [2.24, 2.45) is 11.7 Å². The van der Waals surface area contributed by atoms with E-state index in [1.165, 1.54) is 0 Å². The maximum absolute atomic E-state index is 10.9. The molecular formula is C14H22ClNO2. The minimum absolute atomic E-state index is 0. The van der Waals surface area contributed by atoms with Gasteiger partial charge >= 0.3 is 0 Å². The lowest BCUT2D eigenvalue weighted by atomic mass is 9.71. The Bertz CT molecular complexity index is 386. The van der Waals surface area contributed by atoms with Crippen LogP contribution in [0.2, 0.25) is 0 Å². The van der Waals surface area contributed by atoms with E-state index in [4.69, 9.17) is 10.5 Å². The van der Waals surface area contributed by atoms with E-state index in [2.05, 4.69) is 0 Å². The summed E-state index contributed by atoms with van der Waals surface area (Å²) in [7, 11) is 1.64. The number of nitrogens with two attached hydrogens (primary N) is 1. The Hall–Kier alpha value is -0.770. The first-order valence-corrected chi connectivity index (χ1v) is 6.27. The largest absolute Gasteiger partial charge is 0.497 e. The third-order valence-electron chi connectivity index (χ3n) is 3.89. The lowest BCUT2D eigenvalue weighted by molar-refractivity contribution is -0.0507. The van der Waals surface area contributed by atoms with E-state index in [9.17, 15) is 5.11 Å². The Labute approximate surface area is 115 Å². The Balaban J connectivity index is 0.00000162. The van der Waals surface area contributed by atoms with Crippen molar-refractivity contribution >= 4 is 12.4 Å². The first-order valence-electron chi connectivity index (χ1n) is 6.27. The highest BCUT2D eigenvalue weighted by molar-refractivity contribution is 5.85. The van der Waals surface area contributed by atoms with Gasteiger partial charge in [-0.3, -0.25) is 0 Å². The molecule has 1 saturated carbocycles. The Morgan fingerprint density at radius 1 is 1.44 bits per heavy atom. The minimum atomic E-state index is -0.776. The zero-order valence-corrected chi connectivity index (χ0v) is 11.6. The molecule has 3 nitrogen and oxygen atoms in total. The Morgan fingerprint density at radius 3 is 2.89 bits per heavy atom. The van der Waals surface area contributed by atoms with Crippen molar-refractivity contribution in [2.45, 2.75) is 31.3 Å². The molecule has 2 rings (SSSR count). The summed E-state index contributed by atoms with van der Waals surface area (Å²) in [4.78, 5) is 0. The normalized spacial score (nSPS) is 27.4. The molecule has 1 aromatic rings. The van der Waals surface area contributed by atoms with E-state index in [-0.39, 0.29) is 18.3 Å². The first-order chi connectivity index (χ1) is 8.20. The molecule has 1 aromatic carbocycles. The van der Waals surface area contributed by atoms with Crippen LogP contribution in [0.3, 0.4) is 0 Å². The topological polar surface area (TPSA) is 55.5 Å². The van der Waals surface area contributed by atoms with Crippen LogP contribution in [0, 0.1) is 5.92 Å². The Morgan fingerprint density at radius 2 is 2.22 bits per heavy atom. The van der Waals surface area contributed by atoms with Gasteiger partial charge < -0.3 is 15.6 Å². The van der Waals surface area contributed by atoms with E-state index in [0.717, 1.165) is 37.0 Å². The molecule has 4 heteroatoms. The maximum Gasteiger partial charge on any atom is 0.119 e. The summed E-state index contributed by atoms with van der Waals surface area (Å²) < 4.78 is 5.22. The van der Waals surface area contributed by atoms with Gasteiger partial charge in [-0.15, -0.1) is 12.4 Å². The number of hydrogen-bond donors (Lipinski definition) is 2. The summed E-state index contributed by atoms with van der Waals surface area (Å²) in [5.41, 5.74) is 5.96. The second-order valence-corrected chi connectivity index (χ2v) is 4.83. The monoisotopic (exact) mass is 271 g/mol. The molecule has 3 N–H and O–H groups in total.